The van der Waals surface area contributed by atoms with Crippen LogP contribution in [0.2, 0.25) is 0 Å². The number of carbonyl (C=O) groups is 1. The van der Waals surface area contributed by atoms with E-state index in [9.17, 15) is 4.79 Å². The third-order valence-corrected chi connectivity index (χ3v) is 6.42. The number of aromatic nitrogens is 1. The van der Waals surface area contributed by atoms with Gasteiger partial charge in [-0.2, -0.15) is 0 Å². The third-order valence-electron chi connectivity index (χ3n) is 6.42. The lowest BCUT2D eigenvalue weighted by atomic mass is 9.88. The smallest absolute Gasteiger partial charge is 0.267 e. The van der Waals surface area contributed by atoms with Crippen molar-refractivity contribution >= 4 is 5.91 Å². The van der Waals surface area contributed by atoms with Gasteiger partial charge in [0.2, 0.25) is 0 Å². The van der Waals surface area contributed by atoms with Crippen LogP contribution in [-0.2, 0) is 4.79 Å². The van der Waals surface area contributed by atoms with E-state index in [0.717, 1.165) is 37.6 Å². The van der Waals surface area contributed by atoms with Gasteiger partial charge in [-0.15, -0.1) is 0 Å². The molecular formula is C20H30N4O2. The van der Waals surface area contributed by atoms with E-state index in [1.54, 1.807) is 6.20 Å². The molecule has 0 aromatic carbocycles. The maximum atomic E-state index is 13.7. The summed E-state index contributed by atoms with van der Waals surface area (Å²) in [5.74, 6) is 0.899. The number of amides is 1. The van der Waals surface area contributed by atoms with Gasteiger partial charge < -0.3 is 15.0 Å². The number of nitrogens with one attached hydrogen (secondary N) is 1. The molecule has 1 aromatic heterocycles. The first-order valence-corrected chi connectivity index (χ1v) is 9.97. The van der Waals surface area contributed by atoms with Crippen LogP contribution in [0.25, 0.3) is 0 Å². The highest BCUT2D eigenvalue weighted by Crippen LogP contribution is 2.33. The third kappa shape index (κ3) is 3.09. The number of piperidine rings is 1. The van der Waals surface area contributed by atoms with Crippen molar-refractivity contribution in [3.8, 4) is 5.75 Å². The molecule has 3 aliphatic rings. The van der Waals surface area contributed by atoms with Gasteiger partial charge in [-0.3, -0.25) is 14.7 Å². The Morgan fingerprint density at radius 3 is 2.88 bits per heavy atom. The van der Waals surface area contributed by atoms with E-state index in [-0.39, 0.29) is 11.9 Å². The van der Waals surface area contributed by atoms with Crippen molar-refractivity contribution in [2.75, 3.05) is 32.7 Å². The molecule has 0 radical (unpaired) electrons. The Labute approximate surface area is 155 Å². The quantitative estimate of drug-likeness (QED) is 0.889. The highest BCUT2D eigenvalue weighted by Gasteiger charge is 2.48. The van der Waals surface area contributed by atoms with Crippen molar-refractivity contribution in [3.05, 3.63) is 24.0 Å². The number of hydrogen-bond donors (Lipinski definition) is 1. The molecular weight excluding hydrogens is 328 g/mol. The molecule has 3 fully saturated rings. The lowest BCUT2D eigenvalue weighted by molar-refractivity contribution is -0.157. The van der Waals surface area contributed by atoms with E-state index in [2.05, 4.69) is 27.0 Å². The Bertz CT molecular complexity index is 659. The predicted octanol–water partition coefficient (Wildman–Crippen LogP) is 1.59. The van der Waals surface area contributed by atoms with E-state index in [4.69, 9.17) is 4.74 Å². The second-order valence-corrected chi connectivity index (χ2v) is 7.92. The van der Waals surface area contributed by atoms with E-state index in [0.29, 0.717) is 18.9 Å². The zero-order valence-corrected chi connectivity index (χ0v) is 15.9. The maximum absolute atomic E-state index is 13.7. The summed E-state index contributed by atoms with van der Waals surface area (Å²) in [5.41, 5.74) is 0.0699. The first kappa shape index (κ1) is 17.7. The zero-order chi connectivity index (χ0) is 18.1. The Balaban J connectivity index is 1.59. The van der Waals surface area contributed by atoms with Crippen LogP contribution in [-0.4, -0.2) is 71.1 Å². The van der Waals surface area contributed by atoms with E-state index < -0.39 is 5.60 Å². The SMILES string of the molecule is Cc1ncccc1OC1(C(=O)N2CCN3CCC[C@H]3[C@@H]2C)CCNCC1. The van der Waals surface area contributed by atoms with Crippen LogP contribution in [0.5, 0.6) is 5.75 Å². The molecule has 1 aromatic rings. The molecule has 6 heteroatoms. The summed E-state index contributed by atoms with van der Waals surface area (Å²) in [6.07, 6.45) is 5.62. The van der Waals surface area contributed by atoms with Crippen LogP contribution < -0.4 is 10.1 Å². The first-order chi connectivity index (χ1) is 12.6. The highest BCUT2D eigenvalue weighted by atomic mass is 16.5. The summed E-state index contributed by atoms with van der Waals surface area (Å²) in [7, 11) is 0. The van der Waals surface area contributed by atoms with E-state index >= 15 is 0 Å². The fourth-order valence-corrected chi connectivity index (χ4v) is 4.85. The van der Waals surface area contributed by atoms with Crippen LogP contribution in [0.15, 0.2) is 18.3 Å². The summed E-state index contributed by atoms with van der Waals surface area (Å²) in [4.78, 5) is 22.7. The van der Waals surface area contributed by atoms with Crippen LogP contribution in [0.4, 0.5) is 0 Å². The Hall–Kier alpha value is -1.66. The number of fused-ring (bicyclic) bond motifs is 1. The minimum atomic E-state index is -0.770. The topological polar surface area (TPSA) is 57.7 Å². The molecule has 0 saturated carbocycles. The number of hydrogen-bond acceptors (Lipinski definition) is 5. The zero-order valence-electron chi connectivity index (χ0n) is 15.9. The monoisotopic (exact) mass is 358 g/mol. The molecule has 0 unspecified atom stereocenters. The summed E-state index contributed by atoms with van der Waals surface area (Å²) in [6.45, 7) is 8.74. The van der Waals surface area contributed by atoms with Gasteiger partial charge >= 0.3 is 0 Å². The maximum Gasteiger partial charge on any atom is 0.267 e. The number of ether oxygens (including phenoxy) is 1. The molecule has 3 saturated heterocycles. The molecule has 4 heterocycles. The summed E-state index contributed by atoms with van der Waals surface area (Å²) in [6, 6.07) is 4.56. The molecule has 0 bridgehead atoms. The van der Waals surface area contributed by atoms with Gasteiger partial charge in [0.1, 0.15) is 5.75 Å². The summed E-state index contributed by atoms with van der Waals surface area (Å²) < 4.78 is 6.44. The lowest BCUT2D eigenvalue weighted by Gasteiger charge is -2.47. The normalized spacial score (nSPS) is 28.6. The van der Waals surface area contributed by atoms with Crippen LogP contribution in [0.3, 0.4) is 0 Å². The van der Waals surface area contributed by atoms with Gasteiger partial charge in [0.25, 0.3) is 5.91 Å². The molecule has 1 N–H and O–H groups in total. The molecule has 2 atom stereocenters. The number of aryl methyl sites for hydroxylation is 1. The number of rotatable bonds is 3. The molecule has 1 amide bonds. The van der Waals surface area contributed by atoms with Crippen molar-refractivity contribution in [3.63, 3.8) is 0 Å². The standard InChI is InChI=1S/C20H30N4O2/c1-15-18(6-3-9-22-15)26-20(7-10-21-11-8-20)19(25)24-14-13-23-12-4-5-17(23)16(24)2/h3,6,9,16-17,21H,4-5,7-8,10-14H2,1-2H3/t16-,17-/m0/s1. The molecule has 0 aliphatic carbocycles. The lowest BCUT2D eigenvalue weighted by Crippen LogP contribution is -2.65. The second-order valence-electron chi connectivity index (χ2n) is 7.92. The Kier molecular flexibility index (Phi) is 4.88. The van der Waals surface area contributed by atoms with Crippen molar-refractivity contribution in [2.45, 2.75) is 57.2 Å². The minimum Gasteiger partial charge on any atom is -0.475 e. The van der Waals surface area contributed by atoms with Gasteiger partial charge in [-0.1, -0.05) is 0 Å². The van der Waals surface area contributed by atoms with Gasteiger partial charge in [-0.25, -0.2) is 0 Å². The molecule has 26 heavy (non-hydrogen) atoms. The van der Waals surface area contributed by atoms with E-state index in [1.807, 2.05) is 19.1 Å². The average Bonchev–Trinajstić information content (AvgIpc) is 3.14. The molecule has 6 nitrogen and oxygen atoms in total. The van der Waals surface area contributed by atoms with Crippen molar-refractivity contribution in [2.24, 2.45) is 0 Å². The minimum absolute atomic E-state index is 0.168. The number of nitrogens with zero attached hydrogens (tertiary/aromatic N) is 3. The van der Waals surface area contributed by atoms with Crippen molar-refractivity contribution < 1.29 is 9.53 Å². The Morgan fingerprint density at radius 1 is 1.31 bits per heavy atom. The second kappa shape index (κ2) is 7.16. The number of piperazine rings is 1. The number of carbonyl (C=O) groups excluding carboxylic acids is 1. The molecule has 3 aliphatic heterocycles. The largest absolute Gasteiger partial charge is 0.475 e. The van der Waals surface area contributed by atoms with Gasteiger partial charge in [0.15, 0.2) is 5.60 Å². The van der Waals surface area contributed by atoms with Gasteiger partial charge in [0.05, 0.1) is 5.69 Å². The van der Waals surface area contributed by atoms with Gasteiger partial charge in [0, 0.05) is 44.2 Å². The fourth-order valence-electron chi connectivity index (χ4n) is 4.85. The predicted molar refractivity (Wildman–Crippen MR) is 100 cm³/mol. The van der Waals surface area contributed by atoms with Crippen LogP contribution in [0, 0.1) is 6.92 Å². The molecule has 142 valence electrons. The first-order valence-electron chi connectivity index (χ1n) is 9.97. The van der Waals surface area contributed by atoms with Crippen LogP contribution in [0.1, 0.15) is 38.3 Å². The van der Waals surface area contributed by atoms with Crippen LogP contribution >= 0.6 is 0 Å². The van der Waals surface area contributed by atoms with Gasteiger partial charge in [-0.05, 0) is 58.5 Å². The molecule has 0 spiro atoms. The van der Waals surface area contributed by atoms with E-state index in [1.165, 1.54) is 19.4 Å². The fraction of sp³-hybridized carbons (Fsp3) is 0.700. The average molecular weight is 358 g/mol. The highest BCUT2D eigenvalue weighted by molar-refractivity contribution is 5.86. The Morgan fingerprint density at radius 2 is 2.12 bits per heavy atom. The van der Waals surface area contributed by atoms with Crippen molar-refractivity contribution in [1.82, 2.24) is 20.1 Å². The number of pyridine rings is 1. The molecule has 4 rings (SSSR count). The summed E-state index contributed by atoms with van der Waals surface area (Å²) in [5, 5.41) is 3.37. The van der Waals surface area contributed by atoms with Crippen molar-refractivity contribution in [1.29, 1.82) is 0 Å². The summed E-state index contributed by atoms with van der Waals surface area (Å²) >= 11 is 0.